The average Bonchev–Trinajstić information content (AvgIpc) is 3.31. The summed E-state index contributed by atoms with van der Waals surface area (Å²) >= 11 is 0. The lowest BCUT2D eigenvalue weighted by atomic mass is 9.99. The summed E-state index contributed by atoms with van der Waals surface area (Å²) in [7, 11) is 0. The van der Waals surface area contributed by atoms with Crippen molar-refractivity contribution in [2.75, 3.05) is 50.8 Å². The van der Waals surface area contributed by atoms with Crippen LogP contribution in [0.5, 0.6) is 0 Å². The number of amides is 1. The fraction of sp³-hybridized carbons (Fsp3) is 0.542. The molecular weight excluding hydrogens is 491 g/mol. The number of fused-ring (bicyclic) bond motifs is 1. The van der Waals surface area contributed by atoms with Gasteiger partial charge in [0.2, 0.25) is 0 Å². The first-order chi connectivity index (χ1) is 17.6. The van der Waals surface area contributed by atoms with Gasteiger partial charge in [-0.25, -0.2) is 10.1 Å². The fourth-order valence-electron chi connectivity index (χ4n) is 5.51. The number of hydrogen-bond donors (Lipinski definition) is 1. The van der Waals surface area contributed by atoms with Gasteiger partial charge in [-0.2, -0.15) is 23.5 Å². The van der Waals surface area contributed by atoms with Gasteiger partial charge in [-0.1, -0.05) is 0 Å². The van der Waals surface area contributed by atoms with Crippen LogP contribution in [0, 0.1) is 11.3 Å². The molecule has 3 aliphatic rings. The Kier molecular flexibility index (Phi) is 6.41. The molecule has 13 heteroatoms. The molecule has 2 aromatic rings. The Balaban J connectivity index is 1.27. The second-order valence-electron chi connectivity index (χ2n) is 9.69. The van der Waals surface area contributed by atoms with Crippen molar-refractivity contribution in [2.45, 2.75) is 37.6 Å². The van der Waals surface area contributed by atoms with Crippen molar-refractivity contribution in [3.8, 4) is 6.07 Å². The molecule has 0 unspecified atom stereocenters. The van der Waals surface area contributed by atoms with E-state index in [9.17, 15) is 22.8 Å². The Labute approximate surface area is 210 Å². The second kappa shape index (κ2) is 9.42. The number of anilines is 1. The van der Waals surface area contributed by atoms with Crippen molar-refractivity contribution in [3.63, 3.8) is 0 Å². The molecule has 2 aliphatic heterocycles. The standard InChI is InChI=1S/C24H26F3N7O3/c1-23(22(36)33-8-6-32(7-9-33)18-5-2-15(12-28)13-29-18)14-34(10-11-37-23)17-4-3-16-19(24(25,26)27)21(35)31-30-20(16)17/h2,5,13,17H,3-4,6-11,14H2,1H3,(H,31,35)/t17-,23-/m1/s1. The molecule has 1 amide bonds. The van der Waals surface area contributed by atoms with Crippen molar-refractivity contribution in [1.82, 2.24) is 25.0 Å². The molecule has 0 aromatic carbocycles. The van der Waals surface area contributed by atoms with Crippen molar-refractivity contribution >= 4 is 11.7 Å². The van der Waals surface area contributed by atoms with E-state index in [4.69, 9.17) is 10.00 Å². The lowest BCUT2D eigenvalue weighted by Crippen LogP contribution is -2.62. The summed E-state index contributed by atoms with van der Waals surface area (Å²) in [6.07, 6.45) is -2.77. The Bertz CT molecular complexity index is 1280. The molecule has 1 aliphatic carbocycles. The Morgan fingerprint density at radius 2 is 2.00 bits per heavy atom. The fourth-order valence-corrected chi connectivity index (χ4v) is 5.51. The highest BCUT2D eigenvalue weighted by Crippen LogP contribution is 2.41. The molecule has 4 heterocycles. The van der Waals surface area contributed by atoms with E-state index in [0.29, 0.717) is 44.7 Å². The zero-order chi connectivity index (χ0) is 26.4. The number of carbonyl (C=O) groups is 1. The number of halogens is 3. The number of aromatic amines is 1. The molecule has 37 heavy (non-hydrogen) atoms. The average molecular weight is 518 g/mol. The molecule has 0 spiro atoms. The molecule has 0 bridgehead atoms. The van der Waals surface area contributed by atoms with Gasteiger partial charge < -0.3 is 14.5 Å². The molecule has 2 fully saturated rings. The first-order valence-electron chi connectivity index (χ1n) is 12.1. The summed E-state index contributed by atoms with van der Waals surface area (Å²) in [5, 5.41) is 14.9. The Hall–Kier alpha value is -3.50. The van der Waals surface area contributed by atoms with E-state index < -0.39 is 28.9 Å². The third-order valence-corrected chi connectivity index (χ3v) is 7.35. The van der Waals surface area contributed by atoms with Gasteiger partial charge in [0.15, 0.2) is 5.60 Å². The smallest absolute Gasteiger partial charge is 0.363 e. The third kappa shape index (κ3) is 4.67. The van der Waals surface area contributed by atoms with Crippen LogP contribution in [-0.4, -0.2) is 82.4 Å². The summed E-state index contributed by atoms with van der Waals surface area (Å²) in [4.78, 5) is 35.4. The number of nitrogens with zero attached hydrogens (tertiary/aromatic N) is 6. The van der Waals surface area contributed by atoms with Crippen LogP contribution >= 0.6 is 0 Å². The molecular formula is C24H26F3N7O3. The van der Waals surface area contributed by atoms with Crippen molar-refractivity contribution in [1.29, 1.82) is 5.26 Å². The molecule has 2 aromatic heterocycles. The lowest BCUT2D eigenvalue weighted by molar-refractivity contribution is -0.170. The van der Waals surface area contributed by atoms with Crippen LogP contribution in [0.15, 0.2) is 23.1 Å². The topological polar surface area (TPSA) is 118 Å². The van der Waals surface area contributed by atoms with Gasteiger partial charge >= 0.3 is 6.18 Å². The van der Waals surface area contributed by atoms with Crippen molar-refractivity contribution in [3.05, 3.63) is 51.1 Å². The van der Waals surface area contributed by atoms with E-state index in [2.05, 4.69) is 10.1 Å². The van der Waals surface area contributed by atoms with E-state index in [1.54, 1.807) is 24.0 Å². The van der Waals surface area contributed by atoms with Gasteiger partial charge in [0.1, 0.15) is 17.5 Å². The minimum Gasteiger partial charge on any atom is -0.363 e. The zero-order valence-corrected chi connectivity index (χ0v) is 20.2. The van der Waals surface area contributed by atoms with E-state index in [0.717, 1.165) is 5.82 Å². The molecule has 1 N–H and O–H groups in total. The number of nitrogens with one attached hydrogen (secondary N) is 1. The lowest BCUT2D eigenvalue weighted by Gasteiger charge is -2.45. The summed E-state index contributed by atoms with van der Waals surface area (Å²) in [5.74, 6) is 0.564. The largest absolute Gasteiger partial charge is 0.422 e. The predicted octanol–water partition coefficient (Wildman–Crippen LogP) is 1.48. The van der Waals surface area contributed by atoms with Crippen molar-refractivity contribution < 1.29 is 22.7 Å². The van der Waals surface area contributed by atoms with E-state index in [-0.39, 0.29) is 36.7 Å². The van der Waals surface area contributed by atoms with Crippen LogP contribution in [0.4, 0.5) is 19.0 Å². The zero-order valence-electron chi connectivity index (χ0n) is 20.2. The minimum absolute atomic E-state index is 0.0618. The summed E-state index contributed by atoms with van der Waals surface area (Å²) in [6, 6.07) is 5.08. The third-order valence-electron chi connectivity index (χ3n) is 7.35. The van der Waals surface area contributed by atoms with Crippen LogP contribution in [0.3, 0.4) is 0 Å². The minimum atomic E-state index is -4.76. The number of hydrogen-bond acceptors (Lipinski definition) is 8. The molecule has 2 atom stereocenters. The summed E-state index contributed by atoms with van der Waals surface area (Å²) in [6.45, 7) is 4.66. The molecule has 0 saturated carbocycles. The number of carbonyl (C=O) groups excluding carboxylic acids is 1. The second-order valence-corrected chi connectivity index (χ2v) is 9.69. The number of nitriles is 1. The van der Waals surface area contributed by atoms with Gasteiger partial charge in [-0.15, -0.1) is 0 Å². The number of ether oxygens (including phenoxy) is 1. The SMILES string of the molecule is C[C@]1(C(=O)N2CCN(c3ccc(C#N)cn3)CC2)CN([C@@H]2CCc3c2n[nH]c(=O)c3C(F)(F)F)CCO1. The van der Waals surface area contributed by atoms with Gasteiger partial charge in [0, 0.05) is 45.5 Å². The monoisotopic (exact) mass is 517 g/mol. The number of aromatic nitrogens is 3. The van der Waals surface area contributed by atoms with Crippen LogP contribution in [0.2, 0.25) is 0 Å². The maximum Gasteiger partial charge on any atom is 0.422 e. The molecule has 2 saturated heterocycles. The van der Waals surface area contributed by atoms with E-state index in [1.807, 2.05) is 21.0 Å². The number of piperazine rings is 1. The van der Waals surface area contributed by atoms with Gasteiger partial charge in [-0.05, 0) is 37.5 Å². The van der Waals surface area contributed by atoms with Gasteiger partial charge in [-0.3, -0.25) is 14.5 Å². The van der Waals surface area contributed by atoms with Crippen LogP contribution < -0.4 is 10.5 Å². The highest BCUT2D eigenvalue weighted by Gasteiger charge is 2.47. The van der Waals surface area contributed by atoms with Crippen LogP contribution in [0.25, 0.3) is 0 Å². The van der Waals surface area contributed by atoms with Gasteiger partial charge in [0.05, 0.1) is 23.9 Å². The van der Waals surface area contributed by atoms with E-state index in [1.165, 1.54) is 6.20 Å². The summed E-state index contributed by atoms with van der Waals surface area (Å²) in [5.41, 5.74) is -2.94. The quantitative estimate of drug-likeness (QED) is 0.651. The van der Waals surface area contributed by atoms with Gasteiger partial charge in [0.25, 0.3) is 11.5 Å². The molecule has 0 radical (unpaired) electrons. The molecule has 196 valence electrons. The number of pyridine rings is 1. The number of H-pyrrole nitrogens is 1. The normalized spacial score (nSPS) is 24.6. The number of rotatable bonds is 3. The Morgan fingerprint density at radius 3 is 2.65 bits per heavy atom. The predicted molar refractivity (Wildman–Crippen MR) is 125 cm³/mol. The summed E-state index contributed by atoms with van der Waals surface area (Å²) < 4.78 is 46.5. The first kappa shape index (κ1) is 25.2. The van der Waals surface area contributed by atoms with E-state index >= 15 is 0 Å². The molecule has 5 rings (SSSR count). The highest BCUT2D eigenvalue weighted by atomic mass is 19.4. The first-order valence-corrected chi connectivity index (χ1v) is 12.1. The maximum absolute atomic E-state index is 13.5. The molecule has 10 nitrogen and oxygen atoms in total. The number of alkyl halides is 3. The van der Waals surface area contributed by atoms with Crippen molar-refractivity contribution in [2.24, 2.45) is 0 Å². The highest BCUT2D eigenvalue weighted by molar-refractivity contribution is 5.85. The Morgan fingerprint density at radius 1 is 1.24 bits per heavy atom. The van der Waals surface area contributed by atoms with Crippen LogP contribution in [0.1, 0.15) is 41.8 Å². The van der Waals surface area contributed by atoms with Crippen LogP contribution in [-0.2, 0) is 22.1 Å². The number of morpholine rings is 1. The maximum atomic E-state index is 13.5.